The maximum absolute atomic E-state index is 12.4. The third-order valence-corrected chi connectivity index (χ3v) is 3.16. The van der Waals surface area contributed by atoms with Gasteiger partial charge < -0.3 is 18.7 Å². The fraction of sp³-hybridized carbons (Fsp3) is 0.583. The van der Waals surface area contributed by atoms with Crippen molar-refractivity contribution < 1.29 is 46.7 Å². The Morgan fingerprint density at radius 1 is 0.957 bits per heavy atom. The van der Waals surface area contributed by atoms with Crippen LogP contribution in [0.15, 0.2) is 11.8 Å². The number of carbonyl (C=O) groups is 3. The molecule has 0 aliphatic rings. The first kappa shape index (κ1) is 21.1. The van der Waals surface area contributed by atoms with Crippen LogP contribution in [0.3, 0.4) is 0 Å². The molecule has 0 radical (unpaired) electrons. The van der Waals surface area contributed by atoms with Crippen LogP contribution in [0.4, 0.5) is 0 Å². The third kappa shape index (κ3) is 9.67. The van der Waals surface area contributed by atoms with Crippen LogP contribution in [0.25, 0.3) is 0 Å². The monoisotopic (exact) mass is 354 g/mol. The molecular formula is C12H19O10P. The van der Waals surface area contributed by atoms with Crippen molar-refractivity contribution in [1.82, 2.24) is 0 Å². The first-order valence-corrected chi connectivity index (χ1v) is 7.89. The molecule has 0 aromatic heterocycles. The van der Waals surface area contributed by atoms with Crippen molar-refractivity contribution in [1.29, 1.82) is 0 Å². The quantitative estimate of drug-likeness (QED) is 0.143. The number of esters is 3. The highest BCUT2D eigenvalue weighted by Crippen LogP contribution is 2.51. The highest BCUT2D eigenvalue weighted by atomic mass is 31.2. The van der Waals surface area contributed by atoms with E-state index in [1.807, 2.05) is 0 Å². The summed E-state index contributed by atoms with van der Waals surface area (Å²) in [6.45, 7) is 3.75. The van der Waals surface area contributed by atoms with Gasteiger partial charge in [-0.2, -0.15) is 0 Å². The van der Waals surface area contributed by atoms with Gasteiger partial charge in [0.15, 0.2) is 0 Å². The van der Waals surface area contributed by atoms with E-state index in [1.54, 1.807) is 6.92 Å². The van der Waals surface area contributed by atoms with Crippen molar-refractivity contribution in [2.24, 2.45) is 0 Å². The maximum Gasteiger partial charge on any atom is 0.536 e. The van der Waals surface area contributed by atoms with Crippen LogP contribution < -0.4 is 0 Å². The first-order valence-electron chi connectivity index (χ1n) is 6.43. The van der Waals surface area contributed by atoms with Crippen molar-refractivity contribution in [2.75, 3.05) is 20.2 Å². The van der Waals surface area contributed by atoms with Crippen LogP contribution in [-0.2, 0) is 46.7 Å². The minimum absolute atomic E-state index is 0.0619. The summed E-state index contributed by atoms with van der Waals surface area (Å²) in [6, 6.07) is 0. The standard InChI is InChI=1S/C12H19O10P/c1-5-11(12(15)17-6-2)22-23(16,20-7-18-9(3)13)21-8-19-10(4)14/h5H,6-8H2,1-4H3/b11-5-. The Hall–Kier alpha value is -1.90. The Morgan fingerprint density at radius 2 is 1.43 bits per heavy atom. The summed E-state index contributed by atoms with van der Waals surface area (Å²) in [4.78, 5) is 33.0. The zero-order valence-electron chi connectivity index (χ0n) is 13.2. The van der Waals surface area contributed by atoms with E-state index in [0.29, 0.717) is 0 Å². The zero-order chi connectivity index (χ0) is 17.9. The summed E-state index contributed by atoms with van der Waals surface area (Å²) >= 11 is 0. The summed E-state index contributed by atoms with van der Waals surface area (Å²) in [5.41, 5.74) is 0. The number of phosphoric ester groups is 1. The van der Waals surface area contributed by atoms with Gasteiger partial charge in [-0.1, -0.05) is 0 Å². The molecule has 10 nitrogen and oxygen atoms in total. The fourth-order valence-corrected chi connectivity index (χ4v) is 1.93. The van der Waals surface area contributed by atoms with Gasteiger partial charge >= 0.3 is 25.7 Å². The lowest BCUT2D eigenvalue weighted by molar-refractivity contribution is -0.152. The average Bonchev–Trinajstić information content (AvgIpc) is 2.44. The summed E-state index contributed by atoms with van der Waals surface area (Å²) in [6.07, 6.45) is 1.18. The highest BCUT2D eigenvalue weighted by Gasteiger charge is 2.33. The number of hydrogen-bond donors (Lipinski definition) is 0. The SMILES string of the molecule is C/C=C(\OP(=O)(OCOC(C)=O)OCOC(C)=O)C(=O)OCC. The summed E-state index contributed by atoms with van der Waals surface area (Å²) in [5, 5.41) is 0. The molecular weight excluding hydrogens is 335 g/mol. The lowest BCUT2D eigenvalue weighted by atomic mass is 10.5. The molecule has 23 heavy (non-hydrogen) atoms. The molecule has 0 rings (SSSR count). The Bertz CT molecular complexity index is 474. The van der Waals surface area contributed by atoms with Crippen LogP contribution in [0.1, 0.15) is 27.7 Å². The average molecular weight is 354 g/mol. The number of ether oxygens (including phenoxy) is 3. The molecule has 0 aromatic carbocycles. The van der Waals surface area contributed by atoms with E-state index in [4.69, 9.17) is 18.3 Å². The molecule has 0 amide bonds. The Morgan fingerprint density at radius 3 is 1.78 bits per heavy atom. The van der Waals surface area contributed by atoms with Crippen LogP contribution >= 0.6 is 7.82 Å². The van der Waals surface area contributed by atoms with E-state index in [1.165, 1.54) is 13.0 Å². The van der Waals surface area contributed by atoms with Crippen molar-refractivity contribution in [2.45, 2.75) is 27.7 Å². The predicted octanol–water partition coefficient (Wildman–Crippen LogP) is 1.65. The lowest BCUT2D eigenvalue weighted by Gasteiger charge is -2.18. The smallest absolute Gasteiger partial charge is 0.460 e. The van der Waals surface area contributed by atoms with Crippen LogP contribution in [-0.4, -0.2) is 38.1 Å². The second-order valence-corrected chi connectivity index (χ2v) is 5.27. The maximum atomic E-state index is 12.4. The first-order chi connectivity index (χ1) is 10.7. The summed E-state index contributed by atoms with van der Waals surface area (Å²) in [5.74, 6) is -2.75. The van der Waals surface area contributed by atoms with E-state index >= 15 is 0 Å². The predicted molar refractivity (Wildman–Crippen MR) is 74.5 cm³/mol. The van der Waals surface area contributed by atoms with Crippen molar-refractivity contribution in [3.63, 3.8) is 0 Å². The Balaban J connectivity index is 4.93. The van der Waals surface area contributed by atoms with Crippen molar-refractivity contribution in [3.8, 4) is 0 Å². The molecule has 0 bridgehead atoms. The van der Waals surface area contributed by atoms with Gasteiger partial charge in [0.1, 0.15) is 0 Å². The number of rotatable bonds is 10. The molecule has 0 heterocycles. The second-order valence-electron chi connectivity index (χ2n) is 3.68. The van der Waals surface area contributed by atoms with Crippen molar-refractivity contribution in [3.05, 3.63) is 11.8 Å². The van der Waals surface area contributed by atoms with Gasteiger partial charge in [-0.3, -0.25) is 9.59 Å². The zero-order valence-corrected chi connectivity index (χ0v) is 14.1. The third-order valence-electron chi connectivity index (χ3n) is 1.89. The number of carbonyl (C=O) groups excluding carboxylic acids is 3. The van der Waals surface area contributed by atoms with E-state index in [0.717, 1.165) is 13.8 Å². The van der Waals surface area contributed by atoms with Gasteiger partial charge in [0.05, 0.1) is 6.61 Å². The normalized spacial score (nSPS) is 11.6. The van der Waals surface area contributed by atoms with Crippen molar-refractivity contribution >= 4 is 25.7 Å². The van der Waals surface area contributed by atoms with Gasteiger partial charge in [-0.25, -0.2) is 18.4 Å². The van der Waals surface area contributed by atoms with Crippen LogP contribution in [0, 0.1) is 0 Å². The number of allylic oxidation sites excluding steroid dienone is 1. The molecule has 0 atom stereocenters. The molecule has 0 unspecified atom stereocenters. The molecule has 0 aromatic rings. The minimum Gasteiger partial charge on any atom is -0.460 e. The number of phosphoric acid groups is 1. The molecule has 132 valence electrons. The van der Waals surface area contributed by atoms with Crippen LogP contribution in [0.2, 0.25) is 0 Å². The van der Waals surface area contributed by atoms with Gasteiger partial charge in [0, 0.05) is 13.8 Å². The topological polar surface area (TPSA) is 124 Å². The van der Waals surface area contributed by atoms with Gasteiger partial charge in [-0.15, -0.1) is 0 Å². The van der Waals surface area contributed by atoms with E-state index in [9.17, 15) is 18.9 Å². The summed E-state index contributed by atoms with van der Waals surface area (Å²) < 4.78 is 40.3. The lowest BCUT2D eigenvalue weighted by Crippen LogP contribution is -2.14. The van der Waals surface area contributed by atoms with Gasteiger partial charge in [-0.05, 0) is 19.9 Å². The fourth-order valence-electron chi connectivity index (χ4n) is 0.968. The molecule has 0 spiro atoms. The van der Waals surface area contributed by atoms with Crippen LogP contribution in [0.5, 0.6) is 0 Å². The highest BCUT2D eigenvalue weighted by molar-refractivity contribution is 7.48. The molecule has 0 saturated carbocycles. The number of hydrogen-bond acceptors (Lipinski definition) is 10. The summed E-state index contributed by atoms with van der Waals surface area (Å²) in [7, 11) is -4.41. The Labute approximate surface area is 133 Å². The van der Waals surface area contributed by atoms with E-state index < -0.39 is 45.1 Å². The molecule has 0 fully saturated rings. The molecule has 11 heteroatoms. The van der Waals surface area contributed by atoms with Gasteiger partial charge in [0.2, 0.25) is 19.3 Å². The van der Waals surface area contributed by atoms with E-state index in [2.05, 4.69) is 9.47 Å². The molecule has 0 aliphatic heterocycles. The Kier molecular flexibility index (Phi) is 9.87. The second kappa shape index (κ2) is 10.8. The molecule has 0 saturated heterocycles. The molecule has 0 N–H and O–H groups in total. The largest absolute Gasteiger partial charge is 0.536 e. The minimum atomic E-state index is -4.41. The van der Waals surface area contributed by atoms with Gasteiger partial charge in [0.25, 0.3) is 0 Å². The molecule has 0 aliphatic carbocycles. The van der Waals surface area contributed by atoms with E-state index in [-0.39, 0.29) is 6.61 Å².